The summed E-state index contributed by atoms with van der Waals surface area (Å²) in [6, 6.07) is 7.05. The lowest BCUT2D eigenvalue weighted by Crippen LogP contribution is -2.41. The lowest BCUT2D eigenvalue weighted by molar-refractivity contribution is 0.0902. The van der Waals surface area contributed by atoms with E-state index in [2.05, 4.69) is 35.5 Å². The minimum atomic E-state index is -0.158. The van der Waals surface area contributed by atoms with Gasteiger partial charge in [-0.3, -0.25) is 0 Å². The molecule has 1 aromatic carbocycles. The second-order valence-corrected chi connectivity index (χ2v) is 5.97. The summed E-state index contributed by atoms with van der Waals surface area (Å²) in [5.74, 6) is 0. The topological polar surface area (TPSA) is 35.5 Å². The van der Waals surface area contributed by atoms with Crippen molar-refractivity contribution in [2.45, 2.75) is 50.8 Å². The highest BCUT2D eigenvalue weighted by Crippen LogP contribution is 2.27. The molecule has 1 saturated carbocycles. The maximum Gasteiger partial charge on any atom is 0.0693 e. The van der Waals surface area contributed by atoms with Crippen molar-refractivity contribution < 1.29 is 5.11 Å². The largest absolute Gasteiger partial charge is 0.392 e. The zero-order chi connectivity index (χ0) is 13.2. The van der Waals surface area contributed by atoms with E-state index < -0.39 is 0 Å². The number of hydrogen-bond donors (Lipinski definition) is 2. The lowest BCUT2D eigenvalue weighted by Gasteiger charge is -2.28. The van der Waals surface area contributed by atoms with Crippen molar-refractivity contribution in [3.8, 4) is 0 Å². The van der Waals surface area contributed by atoms with E-state index in [0.29, 0.717) is 0 Å². The molecule has 19 heavy (non-hydrogen) atoms. The number of likely N-dealkylation sites (N-methyl/N-ethyl adjacent to an activating group) is 1. The van der Waals surface area contributed by atoms with E-state index in [1.807, 2.05) is 0 Å². The summed E-state index contributed by atoms with van der Waals surface area (Å²) < 4.78 is 0. The van der Waals surface area contributed by atoms with Crippen LogP contribution in [0, 0.1) is 0 Å². The number of rotatable bonds is 3. The van der Waals surface area contributed by atoms with Crippen LogP contribution in [0.15, 0.2) is 18.2 Å². The molecule has 0 radical (unpaired) electrons. The average Bonchev–Trinajstić information content (AvgIpc) is 2.79. The lowest BCUT2D eigenvalue weighted by atomic mass is 9.92. The highest BCUT2D eigenvalue weighted by atomic mass is 16.3. The molecule has 1 aliphatic carbocycles. The minimum Gasteiger partial charge on any atom is -0.392 e. The molecular weight excluding hydrogens is 236 g/mol. The van der Waals surface area contributed by atoms with E-state index in [-0.39, 0.29) is 12.1 Å². The molecule has 0 spiro atoms. The van der Waals surface area contributed by atoms with Crippen LogP contribution in [0.5, 0.6) is 0 Å². The van der Waals surface area contributed by atoms with Crippen molar-refractivity contribution in [3.05, 3.63) is 29.3 Å². The van der Waals surface area contributed by atoms with Gasteiger partial charge in [0, 0.05) is 31.9 Å². The van der Waals surface area contributed by atoms with Crippen molar-refractivity contribution in [2.75, 3.05) is 18.5 Å². The monoisotopic (exact) mass is 260 g/mol. The molecule has 0 saturated heterocycles. The molecule has 1 aromatic rings. The first kappa shape index (κ1) is 12.9. The van der Waals surface area contributed by atoms with Gasteiger partial charge in [0.05, 0.1) is 6.10 Å². The highest BCUT2D eigenvalue weighted by Gasteiger charge is 2.22. The van der Waals surface area contributed by atoms with Crippen molar-refractivity contribution in [3.63, 3.8) is 0 Å². The normalized spacial score (nSPS) is 26.5. The van der Waals surface area contributed by atoms with Crippen molar-refractivity contribution in [2.24, 2.45) is 0 Å². The zero-order valence-corrected chi connectivity index (χ0v) is 11.7. The van der Waals surface area contributed by atoms with Gasteiger partial charge in [0.15, 0.2) is 0 Å². The molecule has 2 atom stereocenters. The van der Waals surface area contributed by atoms with Gasteiger partial charge in [0.2, 0.25) is 0 Å². The van der Waals surface area contributed by atoms with Crippen LogP contribution in [0.2, 0.25) is 0 Å². The van der Waals surface area contributed by atoms with E-state index in [4.69, 9.17) is 0 Å². The number of aliphatic hydroxyl groups excluding tert-OH is 1. The van der Waals surface area contributed by atoms with Crippen LogP contribution >= 0.6 is 0 Å². The van der Waals surface area contributed by atoms with Gasteiger partial charge in [-0.05, 0) is 36.5 Å². The number of anilines is 1. The van der Waals surface area contributed by atoms with Crippen LogP contribution in [-0.4, -0.2) is 30.8 Å². The quantitative estimate of drug-likeness (QED) is 0.873. The molecule has 1 aliphatic heterocycles. The number of aliphatic hydroxyl groups is 1. The molecule has 0 bridgehead atoms. The third kappa shape index (κ3) is 2.77. The zero-order valence-electron chi connectivity index (χ0n) is 11.7. The molecule has 2 aliphatic rings. The van der Waals surface area contributed by atoms with Crippen molar-refractivity contribution in [1.29, 1.82) is 0 Å². The molecule has 2 N–H and O–H groups in total. The van der Waals surface area contributed by atoms with Gasteiger partial charge in [0.25, 0.3) is 0 Å². The Labute approximate surface area is 115 Å². The summed E-state index contributed by atoms with van der Waals surface area (Å²) in [5.41, 5.74) is 4.18. The molecule has 0 aromatic heterocycles. The second-order valence-electron chi connectivity index (χ2n) is 5.97. The Morgan fingerprint density at radius 3 is 3.00 bits per heavy atom. The summed E-state index contributed by atoms with van der Waals surface area (Å²) in [5, 5.41) is 13.5. The summed E-state index contributed by atoms with van der Waals surface area (Å²) in [4.78, 5) is 2.32. The number of nitrogens with zero attached hydrogens (tertiary/aromatic N) is 1. The first-order valence-corrected chi connectivity index (χ1v) is 7.48. The van der Waals surface area contributed by atoms with Crippen molar-refractivity contribution in [1.82, 2.24) is 5.32 Å². The van der Waals surface area contributed by atoms with E-state index in [1.165, 1.54) is 29.7 Å². The van der Waals surface area contributed by atoms with Gasteiger partial charge in [-0.2, -0.15) is 0 Å². The predicted octanol–water partition coefficient (Wildman–Crippen LogP) is 2.07. The molecule has 0 unspecified atom stereocenters. The highest BCUT2D eigenvalue weighted by molar-refractivity contribution is 5.58. The predicted molar refractivity (Wildman–Crippen MR) is 78.5 cm³/mol. The summed E-state index contributed by atoms with van der Waals surface area (Å²) in [6.45, 7) is 2.01. The number of hydrogen-bond acceptors (Lipinski definition) is 3. The molecule has 1 heterocycles. The number of benzene rings is 1. The van der Waals surface area contributed by atoms with Crippen LogP contribution in [0.1, 0.15) is 36.8 Å². The van der Waals surface area contributed by atoms with E-state index >= 15 is 0 Å². The third-order valence-electron chi connectivity index (χ3n) is 4.57. The minimum absolute atomic E-state index is 0.158. The van der Waals surface area contributed by atoms with Gasteiger partial charge in [-0.1, -0.05) is 25.0 Å². The van der Waals surface area contributed by atoms with Gasteiger partial charge in [-0.15, -0.1) is 0 Å². The fourth-order valence-electron chi connectivity index (χ4n) is 3.33. The smallest absolute Gasteiger partial charge is 0.0693 e. The second kappa shape index (κ2) is 5.51. The Kier molecular flexibility index (Phi) is 3.76. The molecule has 1 fully saturated rings. The van der Waals surface area contributed by atoms with Gasteiger partial charge in [-0.25, -0.2) is 0 Å². The van der Waals surface area contributed by atoms with Gasteiger partial charge >= 0.3 is 0 Å². The Morgan fingerprint density at radius 1 is 1.32 bits per heavy atom. The number of fused-ring (bicyclic) bond motifs is 1. The van der Waals surface area contributed by atoms with E-state index in [9.17, 15) is 5.11 Å². The molecule has 3 heteroatoms. The first-order chi connectivity index (χ1) is 9.24. The van der Waals surface area contributed by atoms with Crippen LogP contribution < -0.4 is 10.2 Å². The van der Waals surface area contributed by atoms with Crippen LogP contribution in [-0.2, 0) is 13.0 Å². The van der Waals surface area contributed by atoms with Crippen molar-refractivity contribution >= 4 is 5.69 Å². The molecule has 0 amide bonds. The Morgan fingerprint density at radius 2 is 2.16 bits per heavy atom. The SMILES string of the molecule is CN1CCc2cc(CN[C@@H]3CCCC[C@H]3O)ccc21. The van der Waals surface area contributed by atoms with Crippen LogP contribution in [0.25, 0.3) is 0 Å². The van der Waals surface area contributed by atoms with Gasteiger partial charge < -0.3 is 15.3 Å². The Balaban J connectivity index is 1.61. The summed E-state index contributed by atoms with van der Waals surface area (Å²) in [6.07, 6.45) is 5.47. The van der Waals surface area contributed by atoms with Gasteiger partial charge in [0.1, 0.15) is 0 Å². The molecule has 104 valence electrons. The maximum absolute atomic E-state index is 9.97. The molecule has 3 rings (SSSR count). The summed E-state index contributed by atoms with van der Waals surface area (Å²) in [7, 11) is 2.15. The summed E-state index contributed by atoms with van der Waals surface area (Å²) >= 11 is 0. The fraction of sp³-hybridized carbons (Fsp3) is 0.625. The average molecular weight is 260 g/mol. The van der Waals surface area contributed by atoms with Crippen LogP contribution in [0.4, 0.5) is 5.69 Å². The third-order valence-corrected chi connectivity index (χ3v) is 4.57. The molecular formula is C16H24N2O. The van der Waals surface area contributed by atoms with E-state index in [0.717, 1.165) is 32.4 Å². The Bertz CT molecular complexity index is 446. The first-order valence-electron chi connectivity index (χ1n) is 7.48. The maximum atomic E-state index is 9.97. The van der Waals surface area contributed by atoms with Crippen LogP contribution in [0.3, 0.4) is 0 Å². The number of nitrogens with one attached hydrogen (secondary N) is 1. The Hall–Kier alpha value is -1.06. The standard InChI is InChI=1S/C16H24N2O/c1-18-9-8-13-10-12(6-7-15(13)18)11-17-14-4-2-3-5-16(14)19/h6-7,10,14,16-17,19H,2-5,8-9,11H2,1H3/t14-,16-/m1/s1. The fourth-order valence-corrected chi connectivity index (χ4v) is 3.33. The van der Waals surface area contributed by atoms with E-state index in [1.54, 1.807) is 0 Å². The molecule has 3 nitrogen and oxygen atoms in total.